The molecule has 0 saturated carbocycles. The van der Waals surface area contributed by atoms with Gasteiger partial charge in [-0.25, -0.2) is 15.0 Å². The standard InChI is InChI=1S/C16H16N4O2/c1-10-16(20-15(17)22-10)5-11-3-2-4-13(14(11)21-8-16)12-6-18-9-19-7-12/h2-4,6-7,9-10H,5,8H2,1H3,(H2,17,20). The van der Waals surface area contributed by atoms with Gasteiger partial charge in [0.1, 0.15) is 30.3 Å². The first-order chi connectivity index (χ1) is 10.7. The van der Waals surface area contributed by atoms with Crippen LogP contribution in [0.2, 0.25) is 0 Å². The van der Waals surface area contributed by atoms with Crippen LogP contribution in [0, 0.1) is 0 Å². The number of aliphatic imine (C=N–C) groups is 1. The van der Waals surface area contributed by atoms with Crippen LogP contribution in [0.1, 0.15) is 12.5 Å². The largest absolute Gasteiger partial charge is 0.490 e. The topological polar surface area (TPSA) is 82.6 Å². The van der Waals surface area contributed by atoms with Gasteiger partial charge in [0.15, 0.2) is 0 Å². The number of hydrogen-bond donors (Lipinski definition) is 1. The van der Waals surface area contributed by atoms with Gasteiger partial charge in [0.25, 0.3) is 6.02 Å². The summed E-state index contributed by atoms with van der Waals surface area (Å²) in [5, 5.41) is 0. The fourth-order valence-corrected chi connectivity index (χ4v) is 3.10. The predicted octanol–water partition coefficient (Wildman–Crippen LogP) is 1.55. The minimum absolute atomic E-state index is 0.0932. The average molecular weight is 296 g/mol. The second-order valence-electron chi connectivity index (χ2n) is 5.70. The van der Waals surface area contributed by atoms with Crippen LogP contribution in [0.3, 0.4) is 0 Å². The summed E-state index contributed by atoms with van der Waals surface area (Å²) in [6.45, 7) is 2.43. The first kappa shape index (κ1) is 13.1. The number of nitrogens with two attached hydrogens (primary N) is 1. The minimum atomic E-state index is -0.428. The monoisotopic (exact) mass is 296 g/mol. The Morgan fingerprint density at radius 1 is 1.27 bits per heavy atom. The second-order valence-corrected chi connectivity index (χ2v) is 5.70. The van der Waals surface area contributed by atoms with Crippen molar-refractivity contribution in [2.75, 3.05) is 6.61 Å². The molecule has 2 atom stereocenters. The lowest BCUT2D eigenvalue weighted by molar-refractivity contribution is 0.0933. The molecule has 2 unspecified atom stereocenters. The van der Waals surface area contributed by atoms with Crippen molar-refractivity contribution >= 4 is 6.02 Å². The number of rotatable bonds is 1. The molecule has 0 radical (unpaired) electrons. The summed E-state index contributed by atoms with van der Waals surface area (Å²) in [5.41, 5.74) is 8.33. The molecule has 6 heteroatoms. The van der Waals surface area contributed by atoms with Crippen molar-refractivity contribution < 1.29 is 9.47 Å². The molecule has 0 aliphatic carbocycles. The van der Waals surface area contributed by atoms with Gasteiger partial charge in [0, 0.05) is 29.9 Å². The van der Waals surface area contributed by atoms with E-state index >= 15 is 0 Å². The van der Waals surface area contributed by atoms with Crippen LogP contribution in [0.25, 0.3) is 11.1 Å². The van der Waals surface area contributed by atoms with Crippen LogP contribution in [-0.4, -0.2) is 34.2 Å². The zero-order valence-electron chi connectivity index (χ0n) is 12.2. The molecule has 0 saturated heterocycles. The zero-order valence-corrected chi connectivity index (χ0v) is 12.2. The molecule has 3 heterocycles. The smallest absolute Gasteiger partial charge is 0.283 e. The van der Waals surface area contributed by atoms with Crippen LogP contribution in [0.4, 0.5) is 0 Å². The molecule has 112 valence electrons. The van der Waals surface area contributed by atoms with Crippen molar-refractivity contribution in [3.05, 3.63) is 42.5 Å². The Morgan fingerprint density at radius 2 is 2.09 bits per heavy atom. The van der Waals surface area contributed by atoms with E-state index in [0.717, 1.165) is 28.9 Å². The molecular formula is C16H16N4O2. The lowest BCUT2D eigenvalue weighted by Crippen LogP contribution is -2.46. The summed E-state index contributed by atoms with van der Waals surface area (Å²) in [4.78, 5) is 12.6. The van der Waals surface area contributed by atoms with Crippen LogP contribution in [0.5, 0.6) is 5.75 Å². The molecular weight excluding hydrogens is 280 g/mol. The molecule has 2 aromatic rings. The first-order valence-corrected chi connectivity index (χ1v) is 7.20. The van der Waals surface area contributed by atoms with Crippen molar-refractivity contribution in [3.63, 3.8) is 0 Å². The lowest BCUT2D eigenvalue weighted by atomic mass is 9.84. The van der Waals surface area contributed by atoms with Gasteiger partial charge >= 0.3 is 0 Å². The highest BCUT2D eigenvalue weighted by molar-refractivity contribution is 5.75. The normalized spacial score (nSPS) is 26.0. The number of aromatic nitrogens is 2. The number of ether oxygens (including phenoxy) is 2. The van der Waals surface area contributed by atoms with Gasteiger partial charge in [-0.1, -0.05) is 18.2 Å². The van der Waals surface area contributed by atoms with Crippen molar-refractivity contribution in [1.82, 2.24) is 9.97 Å². The fourth-order valence-electron chi connectivity index (χ4n) is 3.10. The van der Waals surface area contributed by atoms with Crippen LogP contribution >= 0.6 is 0 Å². The predicted molar refractivity (Wildman–Crippen MR) is 81.6 cm³/mol. The molecule has 1 aromatic heterocycles. The average Bonchev–Trinajstić information content (AvgIpc) is 2.80. The maximum Gasteiger partial charge on any atom is 0.283 e. The number of fused-ring (bicyclic) bond motifs is 1. The number of hydrogen-bond acceptors (Lipinski definition) is 6. The zero-order chi connectivity index (χ0) is 15.2. The van der Waals surface area contributed by atoms with Crippen molar-refractivity contribution in [2.24, 2.45) is 10.7 Å². The number of nitrogens with zero attached hydrogens (tertiary/aromatic N) is 3. The number of benzene rings is 1. The summed E-state index contributed by atoms with van der Waals surface area (Å²) in [6, 6.07) is 6.33. The molecule has 2 N–H and O–H groups in total. The Bertz CT molecular complexity index is 747. The first-order valence-electron chi connectivity index (χ1n) is 7.20. The van der Waals surface area contributed by atoms with E-state index < -0.39 is 5.54 Å². The van der Waals surface area contributed by atoms with Gasteiger partial charge in [-0.05, 0) is 12.5 Å². The SMILES string of the molecule is CC1OC(N)=NC12COc1c(cccc1-c1cncnc1)C2. The van der Waals surface area contributed by atoms with Gasteiger partial charge < -0.3 is 15.2 Å². The third kappa shape index (κ3) is 1.91. The Morgan fingerprint density at radius 3 is 2.82 bits per heavy atom. The van der Waals surface area contributed by atoms with E-state index in [4.69, 9.17) is 15.2 Å². The maximum absolute atomic E-state index is 6.07. The third-order valence-electron chi connectivity index (χ3n) is 4.32. The fraction of sp³-hybridized carbons (Fsp3) is 0.312. The van der Waals surface area contributed by atoms with Gasteiger partial charge in [0.05, 0.1) is 0 Å². The van der Waals surface area contributed by atoms with E-state index in [2.05, 4.69) is 21.0 Å². The number of amidine groups is 1. The molecule has 1 spiro atoms. The minimum Gasteiger partial charge on any atom is -0.490 e. The molecule has 22 heavy (non-hydrogen) atoms. The molecule has 4 rings (SSSR count). The highest BCUT2D eigenvalue weighted by Gasteiger charge is 2.47. The molecule has 2 aliphatic rings. The van der Waals surface area contributed by atoms with E-state index in [1.54, 1.807) is 12.4 Å². The van der Waals surface area contributed by atoms with Crippen molar-refractivity contribution in [3.8, 4) is 16.9 Å². The van der Waals surface area contributed by atoms with E-state index in [0.29, 0.717) is 6.61 Å². The van der Waals surface area contributed by atoms with Crippen LogP contribution in [-0.2, 0) is 11.2 Å². The summed E-state index contributed by atoms with van der Waals surface area (Å²) in [7, 11) is 0. The van der Waals surface area contributed by atoms with Gasteiger partial charge in [-0.15, -0.1) is 0 Å². The van der Waals surface area contributed by atoms with E-state index in [1.165, 1.54) is 6.33 Å². The van der Waals surface area contributed by atoms with E-state index in [9.17, 15) is 0 Å². The van der Waals surface area contributed by atoms with Crippen LogP contribution in [0.15, 0.2) is 41.9 Å². The highest BCUT2D eigenvalue weighted by atomic mass is 16.5. The molecule has 2 aliphatic heterocycles. The van der Waals surface area contributed by atoms with Crippen molar-refractivity contribution in [2.45, 2.75) is 25.0 Å². The molecule has 0 bridgehead atoms. The summed E-state index contributed by atoms with van der Waals surface area (Å²) in [5.74, 6) is 0.871. The summed E-state index contributed by atoms with van der Waals surface area (Å²) < 4.78 is 11.6. The summed E-state index contributed by atoms with van der Waals surface area (Å²) in [6.07, 6.45) is 5.74. The lowest BCUT2D eigenvalue weighted by Gasteiger charge is -2.34. The summed E-state index contributed by atoms with van der Waals surface area (Å²) >= 11 is 0. The number of para-hydroxylation sites is 1. The Labute approximate surface area is 128 Å². The maximum atomic E-state index is 6.07. The molecule has 1 aromatic carbocycles. The van der Waals surface area contributed by atoms with Gasteiger partial charge in [-0.3, -0.25) is 0 Å². The van der Waals surface area contributed by atoms with E-state index in [1.807, 2.05) is 19.1 Å². The molecule has 6 nitrogen and oxygen atoms in total. The van der Waals surface area contributed by atoms with Gasteiger partial charge in [0.2, 0.25) is 0 Å². The Hall–Kier alpha value is -2.63. The van der Waals surface area contributed by atoms with Gasteiger partial charge in [-0.2, -0.15) is 0 Å². The molecule has 0 amide bonds. The Balaban J connectivity index is 1.76. The third-order valence-corrected chi connectivity index (χ3v) is 4.32. The quantitative estimate of drug-likeness (QED) is 0.863. The molecule has 0 fully saturated rings. The van der Waals surface area contributed by atoms with Crippen molar-refractivity contribution in [1.29, 1.82) is 0 Å². The van der Waals surface area contributed by atoms with E-state index in [-0.39, 0.29) is 12.1 Å². The highest BCUT2D eigenvalue weighted by Crippen LogP contribution is 2.41. The van der Waals surface area contributed by atoms with Crippen LogP contribution < -0.4 is 10.5 Å². The second kappa shape index (κ2) is 4.69. The Kier molecular flexibility index (Phi) is 2.79.